The molecule has 0 spiro atoms. The first kappa shape index (κ1) is 24.1. The Kier molecular flexibility index (Phi) is 6.63. The highest BCUT2D eigenvalue weighted by Gasteiger charge is 2.34. The fourth-order valence-corrected chi connectivity index (χ4v) is 3.73. The van der Waals surface area contributed by atoms with Crippen molar-refractivity contribution in [2.75, 3.05) is 0 Å². The summed E-state index contributed by atoms with van der Waals surface area (Å²) >= 11 is 0. The fraction of sp³-hybridized carbons (Fsp3) is 0.320. The molecular weight excluding hydrogens is 451 g/mol. The van der Waals surface area contributed by atoms with Gasteiger partial charge in [0, 0.05) is 12.3 Å². The summed E-state index contributed by atoms with van der Waals surface area (Å²) in [5.74, 6) is -0.488. The fourth-order valence-electron chi connectivity index (χ4n) is 3.73. The third kappa shape index (κ3) is 5.53. The van der Waals surface area contributed by atoms with E-state index in [2.05, 4.69) is 25.9 Å². The van der Waals surface area contributed by atoms with Gasteiger partial charge in [0.1, 0.15) is 11.9 Å². The van der Waals surface area contributed by atoms with Gasteiger partial charge in [0.2, 0.25) is 17.7 Å². The lowest BCUT2D eigenvalue weighted by Crippen LogP contribution is -2.53. The Hall–Kier alpha value is -4.08. The van der Waals surface area contributed by atoms with E-state index in [1.54, 1.807) is 23.7 Å². The molecule has 2 aromatic heterocycles. The Balaban J connectivity index is 1.56. The molecule has 2 heterocycles. The number of amides is 2. The smallest absolute Gasteiger partial charge is 0.273 e. The van der Waals surface area contributed by atoms with Gasteiger partial charge in [-0.25, -0.2) is 4.39 Å². The standard InChI is InChI=1S/C25H27FN6O3/c1-15-29-30-20(35-15)13-27-24(34)22(25(2,3)4)28-23(33)21-18-7-5-6-8-19(18)32(31-21)14-16-9-11-17(26)12-10-16/h5-12,22H,13-14H2,1-4H3,(H,27,34)(H,28,33)/t22-/m1/s1. The molecule has 4 aromatic rings. The Morgan fingerprint density at radius 1 is 1.09 bits per heavy atom. The van der Waals surface area contributed by atoms with Crippen molar-refractivity contribution in [1.29, 1.82) is 0 Å². The molecule has 0 fully saturated rings. The molecule has 0 saturated heterocycles. The van der Waals surface area contributed by atoms with Crippen molar-refractivity contribution < 1.29 is 18.4 Å². The average Bonchev–Trinajstić information content (AvgIpc) is 3.40. The third-order valence-electron chi connectivity index (χ3n) is 5.50. The number of carbonyl (C=O) groups is 2. The van der Waals surface area contributed by atoms with Crippen LogP contribution in [0.2, 0.25) is 0 Å². The van der Waals surface area contributed by atoms with E-state index in [4.69, 9.17) is 4.42 Å². The van der Waals surface area contributed by atoms with Crippen molar-refractivity contribution in [3.8, 4) is 0 Å². The van der Waals surface area contributed by atoms with Gasteiger partial charge < -0.3 is 15.1 Å². The molecule has 1 atom stereocenters. The molecular formula is C25H27FN6O3. The molecule has 2 amide bonds. The molecule has 0 aliphatic rings. The van der Waals surface area contributed by atoms with Crippen molar-refractivity contribution in [2.45, 2.75) is 46.8 Å². The maximum Gasteiger partial charge on any atom is 0.273 e. The second-order valence-electron chi connectivity index (χ2n) is 9.35. The Bertz CT molecular complexity index is 1350. The van der Waals surface area contributed by atoms with Gasteiger partial charge in [0.15, 0.2) is 5.69 Å². The molecule has 0 radical (unpaired) electrons. The van der Waals surface area contributed by atoms with Crippen molar-refractivity contribution >= 4 is 22.7 Å². The largest absolute Gasteiger partial charge is 0.424 e. The van der Waals surface area contributed by atoms with Crippen LogP contribution in [0.15, 0.2) is 52.9 Å². The van der Waals surface area contributed by atoms with Crippen molar-refractivity contribution in [1.82, 2.24) is 30.6 Å². The normalized spacial score (nSPS) is 12.5. The van der Waals surface area contributed by atoms with Crippen LogP contribution in [0.4, 0.5) is 4.39 Å². The Morgan fingerprint density at radius 2 is 1.80 bits per heavy atom. The molecule has 35 heavy (non-hydrogen) atoms. The number of halogens is 1. The Labute approximate surface area is 201 Å². The summed E-state index contributed by atoms with van der Waals surface area (Å²) in [6, 6.07) is 12.6. The van der Waals surface area contributed by atoms with E-state index < -0.39 is 17.4 Å². The highest BCUT2D eigenvalue weighted by molar-refractivity contribution is 6.06. The average molecular weight is 479 g/mol. The van der Waals surface area contributed by atoms with E-state index >= 15 is 0 Å². The molecule has 182 valence electrons. The number of nitrogens with zero attached hydrogens (tertiary/aromatic N) is 4. The van der Waals surface area contributed by atoms with Crippen LogP contribution in [0.25, 0.3) is 10.9 Å². The zero-order valence-electron chi connectivity index (χ0n) is 20.0. The predicted molar refractivity (Wildman–Crippen MR) is 127 cm³/mol. The van der Waals surface area contributed by atoms with Gasteiger partial charge in [0.05, 0.1) is 18.6 Å². The van der Waals surface area contributed by atoms with Gasteiger partial charge in [-0.05, 0) is 29.2 Å². The Morgan fingerprint density at radius 3 is 2.46 bits per heavy atom. The number of carbonyl (C=O) groups excluding carboxylic acids is 2. The molecule has 0 bridgehead atoms. The van der Waals surface area contributed by atoms with E-state index in [9.17, 15) is 14.0 Å². The van der Waals surface area contributed by atoms with Crippen molar-refractivity contribution in [3.63, 3.8) is 0 Å². The lowest BCUT2D eigenvalue weighted by atomic mass is 9.86. The van der Waals surface area contributed by atoms with Crippen LogP contribution in [0.5, 0.6) is 0 Å². The molecule has 4 rings (SSSR count). The number of hydrogen-bond acceptors (Lipinski definition) is 6. The number of aryl methyl sites for hydroxylation is 1. The van der Waals surface area contributed by atoms with E-state index in [1.807, 2.05) is 45.0 Å². The highest BCUT2D eigenvalue weighted by Crippen LogP contribution is 2.23. The highest BCUT2D eigenvalue weighted by atomic mass is 19.1. The lowest BCUT2D eigenvalue weighted by molar-refractivity contribution is -0.125. The summed E-state index contributed by atoms with van der Waals surface area (Å²) in [6.45, 7) is 7.66. The van der Waals surface area contributed by atoms with E-state index in [0.717, 1.165) is 11.1 Å². The first-order valence-corrected chi connectivity index (χ1v) is 11.2. The minimum Gasteiger partial charge on any atom is -0.424 e. The number of rotatable bonds is 7. The summed E-state index contributed by atoms with van der Waals surface area (Å²) in [6.07, 6.45) is 0. The van der Waals surface area contributed by atoms with Gasteiger partial charge in [-0.15, -0.1) is 10.2 Å². The lowest BCUT2D eigenvalue weighted by Gasteiger charge is -2.30. The van der Waals surface area contributed by atoms with Crippen LogP contribution in [0.3, 0.4) is 0 Å². The van der Waals surface area contributed by atoms with Crippen LogP contribution in [-0.4, -0.2) is 37.8 Å². The first-order valence-electron chi connectivity index (χ1n) is 11.2. The predicted octanol–water partition coefficient (Wildman–Crippen LogP) is 3.38. The van der Waals surface area contributed by atoms with Gasteiger partial charge in [-0.1, -0.05) is 51.1 Å². The second kappa shape index (κ2) is 9.65. The van der Waals surface area contributed by atoms with Crippen LogP contribution in [0, 0.1) is 18.2 Å². The number of hydrogen-bond donors (Lipinski definition) is 2. The summed E-state index contributed by atoms with van der Waals surface area (Å²) in [5, 5.41) is 18.4. The molecule has 2 aromatic carbocycles. The summed E-state index contributed by atoms with van der Waals surface area (Å²) in [7, 11) is 0. The number of fused-ring (bicyclic) bond motifs is 1. The third-order valence-corrected chi connectivity index (χ3v) is 5.50. The summed E-state index contributed by atoms with van der Waals surface area (Å²) in [5.41, 5.74) is 1.22. The number of aromatic nitrogens is 4. The van der Waals surface area contributed by atoms with E-state index in [-0.39, 0.29) is 29.9 Å². The number of nitrogens with one attached hydrogen (secondary N) is 2. The van der Waals surface area contributed by atoms with Crippen LogP contribution < -0.4 is 10.6 Å². The zero-order valence-corrected chi connectivity index (χ0v) is 20.0. The van der Waals surface area contributed by atoms with E-state index in [0.29, 0.717) is 17.8 Å². The summed E-state index contributed by atoms with van der Waals surface area (Å²) < 4.78 is 20.3. The van der Waals surface area contributed by atoms with Crippen LogP contribution >= 0.6 is 0 Å². The van der Waals surface area contributed by atoms with E-state index in [1.165, 1.54) is 12.1 Å². The molecule has 0 unspecified atom stereocenters. The maximum absolute atomic E-state index is 13.4. The minimum absolute atomic E-state index is 0.0529. The monoisotopic (exact) mass is 478 g/mol. The molecule has 0 aliphatic heterocycles. The zero-order chi connectivity index (χ0) is 25.2. The van der Waals surface area contributed by atoms with Crippen LogP contribution in [0.1, 0.15) is 48.6 Å². The minimum atomic E-state index is -0.847. The molecule has 10 heteroatoms. The van der Waals surface area contributed by atoms with Gasteiger partial charge in [-0.2, -0.15) is 5.10 Å². The number of benzene rings is 2. The first-order chi connectivity index (χ1) is 16.6. The van der Waals surface area contributed by atoms with Gasteiger partial charge >= 0.3 is 0 Å². The molecule has 2 N–H and O–H groups in total. The van der Waals surface area contributed by atoms with Gasteiger partial charge in [-0.3, -0.25) is 14.3 Å². The summed E-state index contributed by atoms with van der Waals surface area (Å²) in [4.78, 5) is 26.4. The SMILES string of the molecule is Cc1nnc(CNC(=O)[C@@H](NC(=O)c2nn(Cc3ccc(F)cc3)c3ccccc23)C(C)(C)C)o1. The molecule has 0 saturated carbocycles. The second-order valence-corrected chi connectivity index (χ2v) is 9.35. The molecule has 0 aliphatic carbocycles. The van der Waals surface area contributed by atoms with Crippen molar-refractivity contribution in [2.24, 2.45) is 5.41 Å². The van der Waals surface area contributed by atoms with Crippen molar-refractivity contribution in [3.05, 3.63) is 77.4 Å². The number of para-hydroxylation sites is 1. The van der Waals surface area contributed by atoms with Crippen LogP contribution in [-0.2, 0) is 17.9 Å². The van der Waals surface area contributed by atoms with Gasteiger partial charge in [0.25, 0.3) is 5.91 Å². The molecule has 9 nitrogen and oxygen atoms in total. The topological polar surface area (TPSA) is 115 Å². The quantitative estimate of drug-likeness (QED) is 0.421. The maximum atomic E-state index is 13.4.